The van der Waals surface area contributed by atoms with Crippen LogP contribution in [0, 0.1) is 0 Å². The van der Waals surface area contributed by atoms with E-state index in [4.69, 9.17) is 0 Å². The van der Waals surface area contributed by atoms with Gasteiger partial charge in [-0.1, -0.05) is 12.1 Å². The number of benzene rings is 1. The van der Waals surface area contributed by atoms with Gasteiger partial charge in [-0.25, -0.2) is 9.97 Å². The van der Waals surface area contributed by atoms with Gasteiger partial charge >= 0.3 is 0 Å². The number of aromatic nitrogens is 5. The van der Waals surface area contributed by atoms with Crippen molar-refractivity contribution in [3.8, 4) is 28.2 Å². The summed E-state index contributed by atoms with van der Waals surface area (Å²) in [7, 11) is 0. The third-order valence-electron chi connectivity index (χ3n) is 4.16. The highest BCUT2D eigenvalue weighted by Crippen LogP contribution is 2.35. The molecular formula is C18H13N5S. The van der Waals surface area contributed by atoms with Crippen LogP contribution in [0.5, 0.6) is 0 Å². The fourth-order valence-electron chi connectivity index (χ4n) is 2.95. The van der Waals surface area contributed by atoms with Crippen molar-refractivity contribution in [1.29, 1.82) is 0 Å². The molecule has 0 saturated heterocycles. The Morgan fingerprint density at radius 2 is 1.62 bits per heavy atom. The Kier molecular flexibility index (Phi) is 2.89. The van der Waals surface area contributed by atoms with Gasteiger partial charge in [0.25, 0.3) is 0 Å². The van der Waals surface area contributed by atoms with Crippen LogP contribution in [-0.4, -0.2) is 24.5 Å². The van der Waals surface area contributed by atoms with E-state index in [9.17, 15) is 0 Å². The molecule has 0 radical (unpaired) electrons. The molecule has 0 fully saturated rings. The summed E-state index contributed by atoms with van der Waals surface area (Å²) in [6, 6.07) is 10.6. The zero-order valence-corrected chi connectivity index (χ0v) is 13.4. The zero-order chi connectivity index (χ0) is 15.9. The second-order valence-corrected chi connectivity index (χ2v) is 6.39. The molecule has 0 amide bonds. The number of aromatic amines is 2. The fraction of sp³-hybridized carbons (Fsp3) is 0. The molecule has 0 aliphatic rings. The normalized spacial score (nSPS) is 11.3. The first kappa shape index (κ1) is 13.3. The van der Waals surface area contributed by atoms with Gasteiger partial charge < -0.3 is 14.5 Å². The fourth-order valence-corrected chi connectivity index (χ4v) is 4.02. The Morgan fingerprint density at radius 1 is 0.875 bits per heavy atom. The standard InChI is InChI=1S/C18H13N5S/c1-3-13(4-2-12(1)16-7-19-10-21-16)23-6-5-14-15(9-24-18(14)23)17-8-20-11-22-17/h1-11H,(H,19,21)(H,20,22). The van der Waals surface area contributed by atoms with E-state index in [1.165, 1.54) is 15.8 Å². The highest BCUT2D eigenvalue weighted by atomic mass is 32.1. The van der Waals surface area contributed by atoms with Crippen molar-refractivity contribution in [2.45, 2.75) is 0 Å². The van der Waals surface area contributed by atoms with Gasteiger partial charge in [0.15, 0.2) is 0 Å². The van der Waals surface area contributed by atoms with Gasteiger partial charge in [0.05, 0.1) is 36.4 Å². The summed E-state index contributed by atoms with van der Waals surface area (Å²) in [5.41, 5.74) is 5.54. The molecule has 0 atom stereocenters. The molecule has 0 saturated carbocycles. The van der Waals surface area contributed by atoms with Crippen LogP contribution in [0.4, 0.5) is 0 Å². The Labute approximate surface area is 141 Å². The summed E-state index contributed by atoms with van der Waals surface area (Å²) >= 11 is 1.74. The number of nitrogens with one attached hydrogen (secondary N) is 2. The van der Waals surface area contributed by atoms with Gasteiger partial charge in [0.1, 0.15) is 4.83 Å². The highest BCUT2D eigenvalue weighted by molar-refractivity contribution is 7.17. The summed E-state index contributed by atoms with van der Waals surface area (Å²) in [6.45, 7) is 0. The van der Waals surface area contributed by atoms with Gasteiger partial charge in [0.2, 0.25) is 0 Å². The van der Waals surface area contributed by atoms with Gasteiger partial charge in [-0.2, -0.15) is 0 Å². The van der Waals surface area contributed by atoms with E-state index in [-0.39, 0.29) is 0 Å². The molecule has 2 N–H and O–H groups in total. The summed E-state index contributed by atoms with van der Waals surface area (Å²) in [5.74, 6) is 0. The summed E-state index contributed by atoms with van der Waals surface area (Å²) in [6.07, 6.45) is 9.22. The second kappa shape index (κ2) is 5.21. The number of hydrogen-bond acceptors (Lipinski definition) is 3. The Hall–Kier alpha value is -3.12. The van der Waals surface area contributed by atoms with Crippen molar-refractivity contribution in [3.05, 3.63) is 67.0 Å². The van der Waals surface area contributed by atoms with E-state index >= 15 is 0 Å². The summed E-state index contributed by atoms with van der Waals surface area (Å²) in [5, 5.41) is 3.41. The number of nitrogens with zero attached hydrogens (tertiary/aromatic N) is 3. The molecular weight excluding hydrogens is 318 g/mol. The number of hydrogen-bond donors (Lipinski definition) is 2. The van der Waals surface area contributed by atoms with Crippen molar-refractivity contribution in [1.82, 2.24) is 24.5 Å². The summed E-state index contributed by atoms with van der Waals surface area (Å²) in [4.78, 5) is 15.7. The first-order valence-electron chi connectivity index (χ1n) is 7.56. The molecule has 116 valence electrons. The van der Waals surface area contributed by atoms with Crippen LogP contribution in [0.25, 0.3) is 38.4 Å². The van der Waals surface area contributed by atoms with Crippen molar-refractivity contribution < 1.29 is 0 Å². The minimum atomic E-state index is 1.02. The average molecular weight is 331 g/mol. The predicted molar refractivity (Wildman–Crippen MR) is 96.3 cm³/mol. The van der Waals surface area contributed by atoms with Crippen molar-refractivity contribution in [2.24, 2.45) is 0 Å². The van der Waals surface area contributed by atoms with E-state index in [1.807, 2.05) is 12.4 Å². The molecule has 1 aromatic carbocycles. The first-order valence-corrected chi connectivity index (χ1v) is 8.44. The van der Waals surface area contributed by atoms with Gasteiger partial charge in [-0.05, 0) is 23.8 Å². The maximum Gasteiger partial charge on any atom is 0.108 e. The minimum Gasteiger partial charge on any atom is -0.345 e. The highest BCUT2D eigenvalue weighted by Gasteiger charge is 2.12. The molecule has 5 rings (SSSR count). The number of imidazole rings is 2. The molecule has 0 unspecified atom stereocenters. The van der Waals surface area contributed by atoms with E-state index in [2.05, 4.69) is 66.4 Å². The summed E-state index contributed by atoms with van der Waals surface area (Å²) < 4.78 is 2.22. The van der Waals surface area contributed by atoms with Crippen molar-refractivity contribution >= 4 is 21.6 Å². The van der Waals surface area contributed by atoms with Crippen molar-refractivity contribution in [3.63, 3.8) is 0 Å². The smallest absolute Gasteiger partial charge is 0.108 e. The SMILES string of the molecule is c1ncc(-c2ccc(-n3ccc4c(-c5cnc[nH]5)csc43)cc2)[nH]1. The van der Waals surface area contributed by atoms with Crippen LogP contribution in [0.2, 0.25) is 0 Å². The molecule has 4 aromatic heterocycles. The lowest BCUT2D eigenvalue weighted by molar-refractivity contribution is 1.14. The van der Waals surface area contributed by atoms with E-state index < -0.39 is 0 Å². The average Bonchev–Trinajstić information content (AvgIpc) is 3.38. The Morgan fingerprint density at radius 3 is 2.33 bits per heavy atom. The number of rotatable bonds is 3. The molecule has 0 spiro atoms. The molecule has 6 heteroatoms. The number of fused-ring (bicyclic) bond motifs is 1. The Balaban J connectivity index is 1.57. The quantitative estimate of drug-likeness (QED) is 0.512. The zero-order valence-electron chi connectivity index (χ0n) is 12.6. The van der Waals surface area contributed by atoms with E-state index in [0.29, 0.717) is 0 Å². The molecule has 0 aliphatic heterocycles. The lowest BCUT2D eigenvalue weighted by Crippen LogP contribution is -1.90. The van der Waals surface area contributed by atoms with Gasteiger partial charge in [0, 0.05) is 28.2 Å². The molecule has 0 bridgehead atoms. The maximum atomic E-state index is 4.12. The molecule has 5 aromatic rings. The topological polar surface area (TPSA) is 62.3 Å². The van der Waals surface area contributed by atoms with Crippen LogP contribution in [0.3, 0.4) is 0 Å². The molecule has 24 heavy (non-hydrogen) atoms. The molecule has 0 aliphatic carbocycles. The second-order valence-electron chi connectivity index (χ2n) is 5.53. The predicted octanol–water partition coefficient (Wildman–Crippen LogP) is 4.47. The van der Waals surface area contributed by atoms with E-state index in [0.717, 1.165) is 22.6 Å². The van der Waals surface area contributed by atoms with Crippen LogP contribution in [0.15, 0.2) is 67.0 Å². The largest absolute Gasteiger partial charge is 0.345 e. The monoisotopic (exact) mass is 331 g/mol. The molecule has 4 heterocycles. The minimum absolute atomic E-state index is 1.02. The van der Waals surface area contributed by atoms with E-state index in [1.54, 1.807) is 24.0 Å². The van der Waals surface area contributed by atoms with Gasteiger partial charge in [-0.15, -0.1) is 11.3 Å². The lowest BCUT2D eigenvalue weighted by Gasteiger charge is -2.05. The number of thiophene rings is 1. The molecule has 5 nitrogen and oxygen atoms in total. The van der Waals surface area contributed by atoms with Crippen LogP contribution >= 0.6 is 11.3 Å². The Bertz CT molecular complexity index is 1080. The van der Waals surface area contributed by atoms with Crippen LogP contribution < -0.4 is 0 Å². The number of H-pyrrole nitrogens is 2. The third kappa shape index (κ3) is 2.00. The van der Waals surface area contributed by atoms with Crippen LogP contribution in [-0.2, 0) is 0 Å². The third-order valence-corrected chi connectivity index (χ3v) is 5.15. The van der Waals surface area contributed by atoms with Crippen molar-refractivity contribution in [2.75, 3.05) is 0 Å². The first-order chi connectivity index (χ1) is 11.9. The van der Waals surface area contributed by atoms with Gasteiger partial charge in [-0.3, -0.25) is 0 Å². The lowest BCUT2D eigenvalue weighted by atomic mass is 10.1. The maximum absolute atomic E-state index is 4.12. The van der Waals surface area contributed by atoms with Crippen LogP contribution in [0.1, 0.15) is 0 Å².